The summed E-state index contributed by atoms with van der Waals surface area (Å²) in [6, 6.07) is 4.20. The van der Waals surface area contributed by atoms with Gasteiger partial charge in [-0.3, -0.25) is 4.79 Å². The van der Waals surface area contributed by atoms with Gasteiger partial charge in [0.2, 0.25) is 15.9 Å². The van der Waals surface area contributed by atoms with Crippen molar-refractivity contribution in [3.8, 4) is 0 Å². The highest BCUT2D eigenvalue weighted by Crippen LogP contribution is 2.27. The number of carbonyl (C=O) groups is 1. The number of sulfonamides is 1. The first-order valence-electron chi connectivity index (χ1n) is 7.91. The van der Waals surface area contributed by atoms with Gasteiger partial charge in [-0.15, -0.1) is 11.3 Å². The Hall–Kier alpha value is -1.23. The number of benzene rings is 1. The maximum Gasteiger partial charge on any atom is 0.245 e. The maximum absolute atomic E-state index is 13.1. The summed E-state index contributed by atoms with van der Waals surface area (Å²) in [4.78, 5) is 18.2. The fraction of sp³-hybridized carbons (Fsp3) is 0.375. The van der Waals surface area contributed by atoms with Crippen LogP contribution in [0.3, 0.4) is 0 Å². The second-order valence-corrected chi connectivity index (χ2v) is 9.67. The second kappa shape index (κ2) is 9.31. The quantitative estimate of drug-likeness (QED) is 0.668. The molecule has 0 atom stereocenters. The van der Waals surface area contributed by atoms with Crippen LogP contribution in [0.1, 0.15) is 5.69 Å². The van der Waals surface area contributed by atoms with Crippen LogP contribution < -0.4 is 5.32 Å². The lowest BCUT2D eigenvalue weighted by molar-refractivity contribution is -0.116. The number of likely N-dealkylation sites (N-methyl/N-ethyl adjacent to an activating group) is 1. The van der Waals surface area contributed by atoms with E-state index in [1.807, 2.05) is 19.0 Å². The number of anilines is 1. The number of carbonyl (C=O) groups excluding carboxylic acids is 1. The second-order valence-electron chi connectivity index (χ2n) is 6.06. The summed E-state index contributed by atoms with van der Waals surface area (Å²) >= 11 is 13.3. The Bertz CT molecular complexity index is 916. The molecule has 0 saturated carbocycles. The topological polar surface area (TPSA) is 82.6 Å². The lowest BCUT2D eigenvalue weighted by atomic mass is 10.4. The van der Waals surface area contributed by atoms with Crippen LogP contribution >= 0.6 is 34.5 Å². The number of hydrogen-bond donors (Lipinski definition) is 1. The highest BCUT2D eigenvalue weighted by Gasteiger charge is 2.29. The molecule has 0 spiro atoms. The van der Waals surface area contributed by atoms with Crippen molar-refractivity contribution in [1.29, 1.82) is 0 Å². The molecule has 0 aliphatic carbocycles. The Kier molecular flexibility index (Phi) is 7.61. The van der Waals surface area contributed by atoms with Crippen LogP contribution in [-0.4, -0.2) is 62.2 Å². The Balaban J connectivity index is 2.26. The molecule has 1 heterocycles. The monoisotopic (exact) mass is 450 g/mol. The molecule has 0 bridgehead atoms. The molecule has 1 N–H and O–H groups in total. The van der Waals surface area contributed by atoms with Gasteiger partial charge in [0.25, 0.3) is 0 Å². The molecule has 1 aromatic heterocycles. The molecule has 148 valence electrons. The number of rotatable bonds is 8. The van der Waals surface area contributed by atoms with Crippen molar-refractivity contribution < 1.29 is 13.2 Å². The summed E-state index contributed by atoms with van der Waals surface area (Å²) < 4.78 is 27.2. The van der Waals surface area contributed by atoms with Crippen molar-refractivity contribution in [2.75, 3.05) is 39.0 Å². The van der Waals surface area contributed by atoms with Gasteiger partial charge >= 0.3 is 0 Å². The molecule has 0 radical (unpaired) electrons. The van der Waals surface area contributed by atoms with Gasteiger partial charge in [0.05, 0.1) is 17.3 Å². The van der Waals surface area contributed by atoms with E-state index in [2.05, 4.69) is 10.3 Å². The van der Waals surface area contributed by atoms with Crippen molar-refractivity contribution >= 4 is 55.6 Å². The van der Waals surface area contributed by atoms with Crippen LogP contribution in [-0.2, 0) is 14.8 Å². The van der Waals surface area contributed by atoms with Gasteiger partial charge in [0.1, 0.15) is 4.90 Å². The lowest BCUT2D eigenvalue weighted by Gasteiger charge is -2.23. The standard InChI is InChI=1S/C16H20Cl2N4O3S2/c1-11-10-26-16(19-11)20-15(23)9-22(7-6-21(2)3)27(24,25)14-8-12(17)4-5-13(14)18/h4-5,8,10H,6-7,9H2,1-3H3,(H,19,20,23). The van der Waals surface area contributed by atoms with Crippen molar-refractivity contribution in [3.63, 3.8) is 0 Å². The number of halogens is 2. The van der Waals surface area contributed by atoms with E-state index in [-0.39, 0.29) is 28.0 Å². The van der Waals surface area contributed by atoms with Crippen LogP contribution in [0.15, 0.2) is 28.5 Å². The van der Waals surface area contributed by atoms with Crippen LogP contribution in [0.5, 0.6) is 0 Å². The molecule has 0 aliphatic rings. The zero-order valence-corrected chi connectivity index (χ0v) is 18.2. The van der Waals surface area contributed by atoms with Crippen LogP contribution in [0.2, 0.25) is 10.0 Å². The van der Waals surface area contributed by atoms with Gasteiger partial charge in [-0.2, -0.15) is 4.31 Å². The summed E-state index contributed by atoms with van der Waals surface area (Å²) in [5.41, 5.74) is 0.776. The molecule has 2 rings (SSSR count). The summed E-state index contributed by atoms with van der Waals surface area (Å²) in [7, 11) is -0.389. The number of aryl methyl sites for hydroxylation is 1. The number of hydrogen-bond acceptors (Lipinski definition) is 6. The third-order valence-electron chi connectivity index (χ3n) is 3.49. The number of nitrogens with one attached hydrogen (secondary N) is 1. The molecule has 1 aromatic carbocycles. The fourth-order valence-electron chi connectivity index (χ4n) is 2.14. The first-order valence-corrected chi connectivity index (χ1v) is 11.0. The predicted octanol–water partition coefficient (Wildman–Crippen LogP) is 2.95. The Labute approximate surface area is 173 Å². The maximum atomic E-state index is 13.1. The highest BCUT2D eigenvalue weighted by molar-refractivity contribution is 7.89. The lowest BCUT2D eigenvalue weighted by Crippen LogP contribution is -2.41. The van der Waals surface area contributed by atoms with E-state index in [1.165, 1.54) is 29.5 Å². The molecule has 2 aromatic rings. The molecule has 1 amide bonds. The first kappa shape index (κ1) is 22.1. The Morgan fingerprint density at radius 2 is 1.96 bits per heavy atom. The van der Waals surface area contributed by atoms with E-state index in [0.29, 0.717) is 11.7 Å². The van der Waals surface area contributed by atoms with Gasteiger partial charge < -0.3 is 10.2 Å². The molecule has 11 heteroatoms. The van der Waals surface area contributed by atoms with E-state index in [1.54, 1.807) is 12.3 Å². The smallest absolute Gasteiger partial charge is 0.245 e. The third-order valence-corrected chi connectivity index (χ3v) is 6.93. The van der Waals surface area contributed by atoms with Gasteiger partial charge in [0.15, 0.2) is 5.13 Å². The van der Waals surface area contributed by atoms with Crippen LogP contribution in [0, 0.1) is 6.92 Å². The number of nitrogens with zero attached hydrogens (tertiary/aromatic N) is 3. The minimum atomic E-state index is -4.02. The van der Waals surface area contributed by atoms with Gasteiger partial charge in [0, 0.05) is 23.5 Å². The first-order chi connectivity index (χ1) is 12.6. The summed E-state index contributed by atoms with van der Waals surface area (Å²) in [6.45, 7) is 1.99. The normalized spacial score (nSPS) is 12.0. The fourth-order valence-corrected chi connectivity index (χ4v) is 4.97. The number of amides is 1. The third kappa shape index (κ3) is 6.13. The minimum Gasteiger partial charge on any atom is -0.308 e. The number of aromatic nitrogens is 1. The van der Waals surface area contributed by atoms with Crippen LogP contribution in [0.25, 0.3) is 0 Å². The average Bonchev–Trinajstić information content (AvgIpc) is 2.98. The summed E-state index contributed by atoms with van der Waals surface area (Å²) in [6.07, 6.45) is 0. The largest absolute Gasteiger partial charge is 0.308 e. The van der Waals surface area contributed by atoms with E-state index in [9.17, 15) is 13.2 Å². The minimum absolute atomic E-state index is 0.0465. The molecular formula is C16H20Cl2N4O3S2. The Morgan fingerprint density at radius 3 is 2.56 bits per heavy atom. The Morgan fingerprint density at radius 1 is 1.26 bits per heavy atom. The predicted molar refractivity (Wildman–Crippen MR) is 109 cm³/mol. The van der Waals surface area contributed by atoms with E-state index in [4.69, 9.17) is 23.2 Å². The zero-order valence-electron chi connectivity index (χ0n) is 15.1. The number of thiazole rings is 1. The van der Waals surface area contributed by atoms with Crippen molar-refractivity contribution in [3.05, 3.63) is 39.3 Å². The van der Waals surface area contributed by atoms with Crippen molar-refractivity contribution in [2.24, 2.45) is 0 Å². The zero-order chi connectivity index (χ0) is 20.2. The SMILES string of the molecule is Cc1csc(NC(=O)CN(CCN(C)C)S(=O)(=O)c2cc(Cl)ccc2Cl)n1. The van der Waals surface area contributed by atoms with Crippen molar-refractivity contribution in [1.82, 2.24) is 14.2 Å². The van der Waals surface area contributed by atoms with Crippen LogP contribution in [0.4, 0.5) is 5.13 Å². The van der Waals surface area contributed by atoms with Crippen molar-refractivity contribution in [2.45, 2.75) is 11.8 Å². The molecule has 0 fully saturated rings. The molecule has 0 aliphatic heterocycles. The molecule has 7 nitrogen and oxygen atoms in total. The van der Waals surface area contributed by atoms with E-state index < -0.39 is 15.9 Å². The van der Waals surface area contributed by atoms with Gasteiger partial charge in [-0.05, 0) is 39.2 Å². The summed E-state index contributed by atoms with van der Waals surface area (Å²) in [5.74, 6) is -0.482. The molecule has 0 unspecified atom stereocenters. The van der Waals surface area contributed by atoms with Gasteiger partial charge in [-0.25, -0.2) is 13.4 Å². The molecule has 27 heavy (non-hydrogen) atoms. The summed E-state index contributed by atoms with van der Waals surface area (Å²) in [5, 5.41) is 5.12. The molecule has 0 saturated heterocycles. The highest BCUT2D eigenvalue weighted by atomic mass is 35.5. The van der Waals surface area contributed by atoms with E-state index in [0.717, 1.165) is 10.00 Å². The van der Waals surface area contributed by atoms with E-state index >= 15 is 0 Å². The molecular weight excluding hydrogens is 431 g/mol. The van der Waals surface area contributed by atoms with Gasteiger partial charge in [-0.1, -0.05) is 23.2 Å². The average molecular weight is 451 g/mol.